The lowest BCUT2D eigenvalue weighted by molar-refractivity contribution is -0.122. The van der Waals surface area contributed by atoms with Gasteiger partial charge in [0.25, 0.3) is 5.56 Å². The number of aromatic nitrogens is 3. The molecule has 0 aliphatic carbocycles. The van der Waals surface area contributed by atoms with Crippen LogP contribution in [-0.4, -0.2) is 39.9 Å². The molecule has 4 rings (SSSR count). The number of hydrogen-bond donors (Lipinski definition) is 1. The van der Waals surface area contributed by atoms with E-state index in [1.54, 1.807) is 18.2 Å². The lowest BCUT2D eigenvalue weighted by atomic mass is 9.98. The molecule has 0 bridgehead atoms. The zero-order valence-electron chi connectivity index (χ0n) is 15.6. The maximum absolute atomic E-state index is 12.5. The van der Waals surface area contributed by atoms with E-state index in [1.165, 1.54) is 10.9 Å². The second-order valence-corrected chi connectivity index (χ2v) is 7.12. The maximum Gasteiger partial charge on any atom is 0.261 e. The van der Waals surface area contributed by atoms with Crippen LogP contribution in [0.25, 0.3) is 10.9 Å². The van der Waals surface area contributed by atoms with Crippen LogP contribution in [0, 0.1) is 12.8 Å². The average molecular weight is 382 g/mol. The van der Waals surface area contributed by atoms with Gasteiger partial charge in [0, 0.05) is 31.4 Å². The molecule has 3 heterocycles. The van der Waals surface area contributed by atoms with Gasteiger partial charge in [-0.1, -0.05) is 17.3 Å². The van der Waals surface area contributed by atoms with Gasteiger partial charge in [0.2, 0.25) is 5.91 Å². The number of benzene rings is 1. The number of amides is 1. The Labute approximate surface area is 161 Å². The van der Waals surface area contributed by atoms with Gasteiger partial charge in [0.1, 0.15) is 5.76 Å². The quantitative estimate of drug-likeness (QED) is 0.693. The number of rotatable bonds is 6. The van der Waals surface area contributed by atoms with E-state index in [-0.39, 0.29) is 36.4 Å². The largest absolute Gasteiger partial charge is 0.379 e. The van der Waals surface area contributed by atoms with Gasteiger partial charge in [-0.25, -0.2) is 4.98 Å². The summed E-state index contributed by atoms with van der Waals surface area (Å²) in [5, 5.41) is 7.47. The van der Waals surface area contributed by atoms with Gasteiger partial charge in [0.15, 0.2) is 0 Å². The molecule has 8 heteroatoms. The van der Waals surface area contributed by atoms with E-state index in [0.29, 0.717) is 30.5 Å². The summed E-state index contributed by atoms with van der Waals surface area (Å²) >= 11 is 0. The first-order valence-electron chi connectivity index (χ1n) is 9.33. The summed E-state index contributed by atoms with van der Waals surface area (Å²) < 4.78 is 12.3. The summed E-state index contributed by atoms with van der Waals surface area (Å²) in [5.41, 5.74) is 1.35. The molecule has 0 saturated carbocycles. The fourth-order valence-electron chi connectivity index (χ4n) is 3.50. The third-order valence-electron chi connectivity index (χ3n) is 5.00. The zero-order valence-corrected chi connectivity index (χ0v) is 15.6. The van der Waals surface area contributed by atoms with Crippen molar-refractivity contribution in [2.45, 2.75) is 32.4 Å². The minimum absolute atomic E-state index is 0.0793. The third-order valence-corrected chi connectivity index (χ3v) is 5.00. The lowest BCUT2D eigenvalue weighted by Crippen LogP contribution is -2.41. The van der Waals surface area contributed by atoms with Crippen molar-refractivity contribution in [3.05, 3.63) is 58.5 Å². The number of fused-ring (bicyclic) bond motifs is 1. The van der Waals surface area contributed by atoms with Crippen LogP contribution >= 0.6 is 0 Å². The van der Waals surface area contributed by atoms with Crippen molar-refractivity contribution in [2.24, 2.45) is 5.92 Å². The van der Waals surface area contributed by atoms with Gasteiger partial charge in [-0.15, -0.1) is 0 Å². The fraction of sp³-hybridized carbons (Fsp3) is 0.400. The summed E-state index contributed by atoms with van der Waals surface area (Å²) in [6.07, 6.45) is 2.36. The van der Waals surface area contributed by atoms with E-state index < -0.39 is 0 Å². The summed E-state index contributed by atoms with van der Waals surface area (Å²) in [5.74, 6) is 0.816. The number of hydrogen-bond acceptors (Lipinski definition) is 6. The summed E-state index contributed by atoms with van der Waals surface area (Å²) in [6.45, 7) is 3.20. The van der Waals surface area contributed by atoms with Crippen molar-refractivity contribution in [2.75, 3.05) is 13.2 Å². The van der Waals surface area contributed by atoms with Crippen LogP contribution in [0.1, 0.15) is 17.9 Å². The lowest BCUT2D eigenvalue weighted by Gasteiger charge is -2.18. The van der Waals surface area contributed by atoms with E-state index in [2.05, 4.69) is 15.5 Å². The highest BCUT2D eigenvalue weighted by molar-refractivity contribution is 5.77. The van der Waals surface area contributed by atoms with Crippen molar-refractivity contribution in [1.82, 2.24) is 20.0 Å². The molecule has 1 fully saturated rings. The minimum Gasteiger partial charge on any atom is -0.379 e. The molecule has 3 aromatic rings. The number of nitrogens with zero attached hydrogens (tertiary/aromatic N) is 3. The van der Waals surface area contributed by atoms with E-state index in [0.717, 1.165) is 11.5 Å². The second kappa shape index (κ2) is 7.93. The topological polar surface area (TPSA) is 99.2 Å². The number of ether oxygens (including phenoxy) is 1. The first kappa shape index (κ1) is 18.4. The highest BCUT2D eigenvalue weighted by Gasteiger charge is 2.30. The molecule has 1 N–H and O–H groups in total. The first-order valence-corrected chi connectivity index (χ1v) is 9.33. The van der Waals surface area contributed by atoms with Crippen LogP contribution in [-0.2, 0) is 22.5 Å². The Morgan fingerprint density at radius 1 is 1.32 bits per heavy atom. The summed E-state index contributed by atoms with van der Waals surface area (Å²) in [7, 11) is 0. The van der Waals surface area contributed by atoms with Crippen LogP contribution in [0.4, 0.5) is 0 Å². The Balaban J connectivity index is 1.35. The fourth-order valence-corrected chi connectivity index (χ4v) is 3.50. The molecule has 2 aromatic heterocycles. The number of aryl methyl sites for hydroxylation is 2. The second-order valence-electron chi connectivity index (χ2n) is 7.12. The molecule has 2 atom stereocenters. The molecule has 8 nitrogen and oxygen atoms in total. The van der Waals surface area contributed by atoms with Crippen LogP contribution < -0.4 is 10.9 Å². The third kappa shape index (κ3) is 3.96. The first-order chi connectivity index (χ1) is 13.6. The van der Waals surface area contributed by atoms with Gasteiger partial charge >= 0.3 is 0 Å². The van der Waals surface area contributed by atoms with E-state index in [1.807, 2.05) is 19.1 Å². The molecule has 146 valence electrons. The normalized spacial score (nSPS) is 19.2. The van der Waals surface area contributed by atoms with Crippen LogP contribution in [0.3, 0.4) is 0 Å². The molecular formula is C20H22N4O4. The Morgan fingerprint density at radius 2 is 2.18 bits per heavy atom. The van der Waals surface area contributed by atoms with Gasteiger partial charge in [-0.2, -0.15) is 0 Å². The summed E-state index contributed by atoms with van der Waals surface area (Å²) in [6, 6.07) is 9.00. The van der Waals surface area contributed by atoms with Crippen molar-refractivity contribution in [3.8, 4) is 0 Å². The Kier molecular flexibility index (Phi) is 5.21. The van der Waals surface area contributed by atoms with Crippen LogP contribution in [0.15, 0.2) is 46.0 Å². The Hall–Kier alpha value is -3.00. The molecule has 0 spiro atoms. The predicted octanol–water partition coefficient (Wildman–Crippen LogP) is 1.46. The molecule has 28 heavy (non-hydrogen) atoms. The van der Waals surface area contributed by atoms with Crippen molar-refractivity contribution >= 4 is 16.8 Å². The maximum atomic E-state index is 12.5. The van der Waals surface area contributed by atoms with Crippen molar-refractivity contribution in [3.63, 3.8) is 0 Å². The van der Waals surface area contributed by atoms with E-state index in [9.17, 15) is 9.59 Å². The molecule has 2 unspecified atom stereocenters. The molecule has 1 aromatic carbocycles. The van der Waals surface area contributed by atoms with Crippen LogP contribution in [0.2, 0.25) is 0 Å². The average Bonchev–Trinajstić information content (AvgIpc) is 3.30. The monoisotopic (exact) mass is 382 g/mol. The number of carbonyl (C=O) groups excluding carboxylic acids is 1. The molecular weight excluding hydrogens is 360 g/mol. The van der Waals surface area contributed by atoms with Gasteiger partial charge in [-0.3, -0.25) is 14.2 Å². The summed E-state index contributed by atoms with van der Waals surface area (Å²) in [4.78, 5) is 29.2. The van der Waals surface area contributed by atoms with Gasteiger partial charge in [-0.05, 0) is 19.1 Å². The van der Waals surface area contributed by atoms with Crippen LogP contribution in [0.5, 0.6) is 0 Å². The highest BCUT2D eigenvalue weighted by Crippen LogP contribution is 2.20. The van der Waals surface area contributed by atoms with Crippen molar-refractivity contribution < 1.29 is 14.1 Å². The SMILES string of the molecule is Cc1cc(CC2COCC2NC(=O)CCn2cnc3ccccc3c2=O)on1. The molecule has 1 aliphatic rings. The highest BCUT2D eigenvalue weighted by atomic mass is 16.5. The van der Waals surface area contributed by atoms with E-state index >= 15 is 0 Å². The van der Waals surface area contributed by atoms with Gasteiger partial charge in [0.05, 0.1) is 42.2 Å². The molecule has 1 saturated heterocycles. The van der Waals surface area contributed by atoms with Gasteiger partial charge < -0.3 is 14.6 Å². The Morgan fingerprint density at radius 3 is 3.00 bits per heavy atom. The Bertz CT molecular complexity index is 1040. The molecule has 1 amide bonds. The smallest absolute Gasteiger partial charge is 0.261 e. The number of para-hydroxylation sites is 1. The van der Waals surface area contributed by atoms with E-state index in [4.69, 9.17) is 9.26 Å². The van der Waals surface area contributed by atoms with Crippen molar-refractivity contribution in [1.29, 1.82) is 0 Å². The molecule has 0 radical (unpaired) electrons. The predicted molar refractivity (Wildman–Crippen MR) is 102 cm³/mol. The number of carbonyl (C=O) groups is 1. The minimum atomic E-state index is -0.138. The molecule has 1 aliphatic heterocycles. The number of nitrogens with one attached hydrogen (secondary N) is 1. The standard InChI is InChI=1S/C20H22N4O4/c1-13-8-15(28-23-13)9-14-10-27-11-18(14)22-19(25)6-7-24-12-21-17-5-3-2-4-16(17)20(24)26/h2-5,8,12,14,18H,6-7,9-11H2,1H3,(H,22,25). The zero-order chi connectivity index (χ0) is 19.5.